The molecule has 9 nitrogen and oxygen atoms in total. The fraction of sp³-hybridized carbons (Fsp3) is 0.211. The number of ether oxygens (including phenoxy) is 3. The van der Waals surface area contributed by atoms with Crippen molar-refractivity contribution in [2.75, 3.05) is 13.2 Å². The molecule has 2 aromatic carbocycles. The first kappa shape index (κ1) is 19.0. The Morgan fingerprint density at radius 1 is 1.04 bits per heavy atom. The minimum Gasteiger partial charge on any atom is -0.508 e. The molecule has 0 aliphatic carbocycles. The lowest BCUT2D eigenvalue weighted by Gasteiger charge is -2.25. The maximum atomic E-state index is 12.1. The SMILES string of the molecule is O=C(COC(=O)Cc1ccc(O)cc1)NNC(=O)[C@H]1COc2ccccc2O1. The van der Waals surface area contributed by atoms with Gasteiger partial charge in [0.1, 0.15) is 12.4 Å². The topological polar surface area (TPSA) is 123 Å². The van der Waals surface area contributed by atoms with Crippen molar-refractivity contribution in [3.63, 3.8) is 0 Å². The second kappa shape index (κ2) is 8.76. The number of hydrogen-bond donors (Lipinski definition) is 3. The van der Waals surface area contributed by atoms with Gasteiger partial charge in [0, 0.05) is 0 Å². The number of amides is 2. The number of phenols is 1. The second-order valence-corrected chi connectivity index (χ2v) is 5.91. The van der Waals surface area contributed by atoms with Crippen LogP contribution in [0.15, 0.2) is 48.5 Å². The zero-order chi connectivity index (χ0) is 19.9. The molecule has 0 saturated carbocycles. The summed E-state index contributed by atoms with van der Waals surface area (Å²) in [7, 11) is 0. The van der Waals surface area contributed by atoms with E-state index >= 15 is 0 Å². The van der Waals surface area contributed by atoms with Crippen LogP contribution >= 0.6 is 0 Å². The van der Waals surface area contributed by atoms with E-state index in [9.17, 15) is 19.5 Å². The van der Waals surface area contributed by atoms with Gasteiger partial charge >= 0.3 is 5.97 Å². The van der Waals surface area contributed by atoms with Crippen molar-refractivity contribution in [2.45, 2.75) is 12.5 Å². The Bertz CT molecular complexity index is 867. The first-order valence-electron chi connectivity index (χ1n) is 8.42. The highest BCUT2D eigenvalue weighted by Crippen LogP contribution is 2.30. The molecule has 3 rings (SSSR count). The molecular weight excluding hydrogens is 368 g/mol. The minimum absolute atomic E-state index is 0.000330. The van der Waals surface area contributed by atoms with E-state index < -0.39 is 30.5 Å². The van der Waals surface area contributed by atoms with Crippen molar-refractivity contribution in [3.05, 3.63) is 54.1 Å². The summed E-state index contributed by atoms with van der Waals surface area (Å²) < 4.78 is 15.8. The monoisotopic (exact) mass is 386 g/mol. The smallest absolute Gasteiger partial charge is 0.310 e. The largest absolute Gasteiger partial charge is 0.508 e. The number of nitrogens with one attached hydrogen (secondary N) is 2. The van der Waals surface area contributed by atoms with E-state index in [1.807, 2.05) is 0 Å². The van der Waals surface area contributed by atoms with Gasteiger partial charge < -0.3 is 19.3 Å². The van der Waals surface area contributed by atoms with E-state index in [0.717, 1.165) is 0 Å². The van der Waals surface area contributed by atoms with E-state index in [-0.39, 0.29) is 18.8 Å². The summed E-state index contributed by atoms with van der Waals surface area (Å²) in [6.07, 6.45) is -0.973. The summed E-state index contributed by atoms with van der Waals surface area (Å²) in [5.74, 6) is -0.863. The third kappa shape index (κ3) is 5.13. The molecule has 1 aliphatic heterocycles. The molecule has 0 radical (unpaired) electrons. The summed E-state index contributed by atoms with van der Waals surface area (Å²) in [4.78, 5) is 35.5. The first-order chi connectivity index (χ1) is 13.5. The Morgan fingerprint density at radius 2 is 1.75 bits per heavy atom. The third-order valence-electron chi connectivity index (χ3n) is 3.78. The lowest BCUT2D eigenvalue weighted by Crippen LogP contribution is -2.51. The lowest BCUT2D eigenvalue weighted by atomic mass is 10.1. The maximum Gasteiger partial charge on any atom is 0.310 e. The normalized spacial score (nSPS) is 14.6. The molecule has 28 heavy (non-hydrogen) atoms. The molecule has 0 bridgehead atoms. The summed E-state index contributed by atoms with van der Waals surface area (Å²) in [5, 5.41) is 9.19. The minimum atomic E-state index is -0.924. The van der Waals surface area contributed by atoms with Crippen LogP contribution in [-0.2, 0) is 25.5 Å². The number of fused-ring (bicyclic) bond motifs is 1. The zero-order valence-electron chi connectivity index (χ0n) is 14.7. The van der Waals surface area contributed by atoms with Crippen molar-refractivity contribution < 1.29 is 33.7 Å². The van der Waals surface area contributed by atoms with Crippen LogP contribution < -0.4 is 20.3 Å². The van der Waals surface area contributed by atoms with E-state index in [1.165, 1.54) is 12.1 Å². The van der Waals surface area contributed by atoms with Crippen molar-refractivity contribution in [1.82, 2.24) is 10.9 Å². The number of hydrogen-bond acceptors (Lipinski definition) is 7. The standard InChI is InChI=1S/C19H18N2O7/c22-13-7-5-12(6-8-13)9-18(24)27-11-17(23)20-21-19(25)16-10-26-14-3-1-2-4-15(14)28-16/h1-8,16,22H,9-11H2,(H,20,23)(H,21,25)/t16-/m1/s1. The summed E-state index contributed by atoms with van der Waals surface area (Å²) in [6, 6.07) is 12.9. The van der Waals surface area contributed by atoms with E-state index in [4.69, 9.17) is 14.2 Å². The number of para-hydroxylation sites is 2. The quantitative estimate of drug-likeness (QED) is 0.504. The van der Waals surface area contributed by atoms with Gasteiger partial charge in [-0.2, -0.15) is 0 Å². The van der Waals surface area contributed by atoms with Crippen molar-refractivity contribution in [3.8, 4) is 17.2 Å². The van der Waals surface area contributed by atoms with Gasteiger partial charge in [0.2, 0.25) is 6.10 Å². The third-order valence-corrected chi connectivity index (χ3v) is 3.78. The van der Waals surface area contributed by atoms with Crippen LogP contribution in [0.3, 0.4) is 0 Å². The Labute approximate surface area is 160 Å². The van der Waals surface area contributed by atoms with Gasteiger partial charge in [-0.05, 0) is 29.8 Å². The molecule has 1 heterocycles. The van der Waals surface area contributed by atoms with Crippen molar-refractivity contribution >= 4 is 17.8 Å². The Balaban J connectivity index is 1.37. The Hall–Kier alpha value is -3.75. The molecule has 0 spiro atoms. The molecular formula is C19H18N2O7. The average molecular weight is 386 g/mol. The number of carbonyl (C=O) groups excluding carboxylic acids is 3. The van der Waals surface area contributed by atoms with Crippen LogP contribution in [0.25, 0.3) is 0 Å². The molecule has 2 amide bonds. The van der Waals surface area contributed by atoms with Gasteiger partial charge in [0.15, 0.2) is 18.1 Å². The van der Waals surface area contributed by atoms with Gasteiger partial charge in [0.25, 0.3) is 11.8 Å². The molecule has 1 aliphatic rings. The Kier molecular flexibility index (Phi) is 5.95. The van der Waals surface area contributed by atoms with Crippen LogP contribution in [-0.4, -0.2) is 42.2 Å². The molecule has 9 heteroatoms. The number of phenolic OH excluding ortho intramolecular Hbond substituents is 1. The molecule has 0 saturated heterocycles. The van der Waals surface area contributed by atoms with Crippen LogP contribution in [0.5, 0.6) is 17.2 Å². The lowest BCUT2D eigenvalue weighted by molar-refractivity contribution is -0.148. The van der Waals surface area contributed by atoms with Gasteiger partial charge in [-0.1, -0.05) is 24.3 Å². The highest BCUT2D eigenvalue weighted by molar-refractivity contribution is 5.86. The molecule has 3 N–H and O–H groups in total. The first-order valence-corrected chi connectivity index (χ1v) is 8.42. The van der Waals surface area contributed by atoms with E-state index in [2.05, 4.69) is 10.9 Å². The van der Waals surface area contributed by atoms with Crippen LogP contribution in [0.2, 0.25) is 0 Å². The highest BCUT2D eigenvalue weighted by Gasteiger charge is 2.27. The van der Waals surface area contributed by atoms with Gasteiger partial charge in [-0.15, -0.1) is 0 Å². The van der Waals surface area contributed by atoms with Gasteiger partial charge in [-0.25, -0.2) is 0 Å². The van der Waals surface area contributed by atoms with Crippen LogP contribution in [0.4, 0.5) is 0 Å². The second-order valence-electron chi connectivity index (χ2n) is 5.91. The number of esters is 1. The molecule has 0 fully saturated rings. The average Bonchev–Trinajstić information content (AvgIpc) is 2.71. The number of carbonyl (C=O) groups is 3. The Morgan fingerprint density at radius 3 is 2.50 bits per heavy atom. The van der Waals surface area contributed by atoms with E-state index in [1.54, 1.807) is 36.4 Å². The van der Waals surface area contributed by atoms with E-state index in [0.29, 0.717) is 17.1 Å². The van der Waals surface area contributed by atoms with Crippen LogP contribution in [0.1, 0.15) is 5.56 Å². The zero-order valence-corrected chi connectivity index (χ0v) is 14.7. The summed E-state index contributed by atoms with van der Waals surface area (Å²) in [5.41, 5.74) is 4.98. The molecule has 1 atom stereocenters. The number of hydrazine groups is 1. The maximum absolute atomic E-state index is 12.1. The molecule has 146 valence electrons. The van der Waals surface area contributed by atoms with Crippen LogP contribution in [0, 0.1) is 0 Å². The predicted octanol–water partition coefficient (Wildman–Crippen LogP) is 0.465. The molecule has 2 aromatic rings. The van der Waals surface area contributed by atoms with Gasteiger partial charge in [0.05, 0.1) is 6.42 Å². The predicted molar refractivity (Wildman–Crippen MR) is 95.4 cm³/mol. The fourth-order valence-corrected chi connectivity index (χ4v) is 2.37. The van der Waals surface area contributed by atoms with Crippen molar-refractivity contribution in [2.24, 2.45) is 0 Å². The van der Waals surface area contributed by atoms with Gasteiger partial charge in [-0.3, -0.25) is 25.2 Å². The number of rotatable bonds is 5. The number of benzene rings is 2. The summed E-state index contributed by atoms with van der Waals surface area (Å²) in [6.45, 7) is -0.553. The van der Waals surface area contributed by atoms with Crippen molar-refractivity contribution in [1.29, 1.82) is 0 Å². The molecule has 0 unspecified atom stereocenters. The molecule has 0 aromatic heterocycles. The fourth-order valence-electron chi connectivity index (χ4n) is 2.37. The highest BCUT2D eigenvalue weighted by atomic mass is 16.6. The number of aromatic hydroxyl groups is 1. The summed E-state index contributed by atoms with van der Waals surface area (Å²) >= 11 is 0.